The van der Waals surface area contributed by atoms with Crippen molar-refractivity contribution in [1.29, 1.82) is 0 Å². The highest BCUT2D eigenvalue weighted by molar-refractivity contribution is 5.35. The van der Waals surface area contributed by atoms with Crippen LogP contribution in [0.3, 0.4) is 0 Å². The van der Waals surface area contributed by atoms with E-state index in [9.17, 15) is 4.39 Å². The Balaban J connectivity index is 2.18. The van der Waals surface area contributed by atoms with Gasteiger partial charge in [0.25, 0.3) is 0 Å². The van der Waals surface area contributed by atoms with E-state index < -0.39 is 0 Å². The molecule has 1 aromatic heterocycles. The second-order valence-corrected chi connectivity index (χ2v) is 3.77. The topological polar surface area (TPSA) is 28.2 Å². The molecule has 0 unspecified atom stereocenters. The predicted molar refractivity (Wildman–Crippen MR) is 60.5 cm³/mol. The Morgan fingerprint density at radius 3 is 2.87 bits per heavy atom. The molecule has 0 aliphatic carbocycles. The third-order valence-corrected chi connectivity index (χ3v) is 2.08. The average molecular weight is 211 g/mol. The van der Waals surface area contributed by atoms with Crippen LogP contribution in [0.25, 0.3) is 0 Å². The number of nitrogens with zero attached hydrogens (tertiary/aromatic N) is 2. The summed E-state index contributed by atoms with van der Waals surface area (Å²) >= 11 is 0. The molecule has 1 heterocycles. The van der Waals surface area contributed by atoms with Gasteiger partial charge in [0.05, 0.1) is 0 Å². The number of pyridine rings is 1. The van der Waals surface area contributed by atoms with Crippen LogP contribution in [-0.2, 0) is 0 Å². The maximum absolute atomic E-state index is 13.1. The molecule has 0 aliphatic heterocycles. The third-order valence-electron chi connectivity index (χ3n) is 2.08. The SMILES string of the molecule is CN(C)CCCCNc1ncccc1F. The second-order valence-electron chi connectivity index (χ2n) is 3.77. The molecule has 0 spiro atoms. The summed E-state index contributed by atoms with van der Waals surface area (Å²) in [6.45, 7) is 1.83. The van der Waals surface area contributed by atoms with Crippen molar-refractivity contribution < 1.29 is 4.39 Å². The molecule has 0 saturated carbocycles. The standard InChI is InChI=1S/C11H18FN3/c1-15(2)9-4-3-7-13-11-10(12)6-5-8-14-11/h5-6,8H,3-4,7,9H2,1-2H3,(H,13,14). The number of unbranched alkanes of at least 4 members (excludes halogenated alkanes) is 1. The Labute approximate surface area is 90.3 Å². The molecule has 4 heteroatoms. The largest absolute Gasteiger partial charge is 0.368 e. The fraction of sp³-hybridized carbons (Fsp3) is 0.545. The maximum Gasteiger partial charge on any atom is 0.165 e. The second kappa shape index (κ2) is 6.35. The van der Waals surface area contributed by atoms with Gasteiger partial charge < -0.3 is 10.2 Å². The van der Waals surface area contributed by atoms with Crippen molar-refractivity contribution >= 4 is 5.82 Å². The third kappa shape index (κ3) is 4.74. The molecule has 0 bridgehead atoms. The van der Waals surface area contributed by atoms with Gasteiger partial charge in [0.1, 0.15) is 0 Å². The lowest BCUT2D eigenvalue weighted by molar-refractivity contribution is 0.396. The average Bonchev–Trinajstić information content (AvgIpc) is 2.20. The van der Waals surface area contributed by atoms with Gasteiger partial charge in [-0.3, -0.25) is 0 Å². The molecule has 0 radical (unpaired) electrons. The van der Waals surface area contributed by atoms with Crippen molar-refractivity contribution in [2.75, 3.05) is 32.5 Å². The van der Waals surface area contributed by atoms with E-state index in [2.05, 4.69) is 15.2 Å². The fourth-order valence-corrected chi connectivity index (χ4v) is 1.28. The van der Waals surface area contributed by atoms with Crippen LogP contribution >= 0.6 is 0 Å². The number of halogens is 1. The Kier molecular flexibility index (Phi) is 5.04. The minimum atomic E-state index is -0.287. The summed E-state index contributed by atoms with van der Waals surface area (Å²) in [5.74, 6) is 0.0625. The van der Waals surface area contributed by atoms with E-state index in [-0.39, 0.29) is 5.82 Å². The van der Waals surface area contributed by atoms with Gasteiger partial charge in [0.2, 0.25) is 0 Å². The first-order valence-corrected chi connectivity index (χ1v) is 5.19. The van der Waals surface area contributed by atoms with E-state index in [0.717, 1.165) is 25.9 Å². The Hall–Kier alpha value is -1.16. The highest BCUT2D eigenvalue weighted by Gasteiger charge is 1.99. The monoisotopic (exact) mass is 211 g/mol. The number of aromatic nitrogens is 1. The molecular formula is C11H18FN3. The van der Waals surface area contributed by atoms with Gasteiger partial charge in [-0.25, -0.2) is 9.37 Å². The van der Waals surface area contributed by atoms with Gasteiger partial charge in [0, 0.05) is 12.7 Å². The molecule has 84 valence electrons. The zero-order valence-electron chi connectivity index (χ0n) is 9.33. The molecular weight excluding hydrogens is 193 g/mol. The van der Waals surface area contributed by atoms with Gasteiger partial charge in [-0.05, 0) is 45.6 Å². The first-order chi connectivity index (χ1) is 7.20. The normalized spacial score (nSPS) is 10.7. The van der Waals surface area contributed by atoms with Crippen LogP contribution < -0.4 is 5.32 Å². The van der Waals surface area contributed by atoms with Crippen molar-refractivity contribution in [2.24, 2.45) is 0 Å². The first kappa shape index (κ1) is 11.9. The van der Waals surface area contributed by atoms with Crippen molar-refractivity contribution in [1.82, 2.24) is 9.88 Å². The molecule has 1 aromatic rings. The van der Waals surface area contributed by atoms with E-state index >= 15 is 0 Å². The smallest absolute Gasteiger partial charge is 0.165 e. The van der Waals surface area contributed by atoms with Crippen molar-refractivity contribution in [3.8, 4) is 0 Å². The van der Waals surface area contributed by atoms with E-state index in [1.807, 2.05) is 14.1 Å². The number of hydrogen-bond donors (Lipinski definition) is 1. The van der Waals surface area contributed by atoms with Crippen LogP contribution in [0.15, 0.2) is 18.3 Å². The molecule has 0 aromatic carbocycles. The highest BCUT2D eigenvalue weighted by Crippen LogP contribution is 2.08. The van der Waals surface area contributed by atoms with Crippen LogP contribution in [0.5, 0.6) is 0 Å². The van der Waals surface area contributed by atoms with Gasteiger partial charge >= 0.3 is 0 Å². The van der Waals surface area contributed by atoms with Crippen molar-refractivity contribution in [2.45, 2.75) is 12.8 Å². The molecule has 15 heavy (non-hydrogen) atoms. The minimum absolute atomic E-state index is 0.287. The summed E-state index contributed by atoms with van der Waals surface area (Å²) in [5.41, 5.74) is 0. The Morgan fingerprint density at radius 2 is 2.20 bits per heavy atom. The predicted octanol–water partition coefficient (Wildman–Crippen LogP) is 1.97. The van der Waals surface area contributed by atoms with Gasteiger partial charge in [0.15, 0.2) is 11.6 Å². The van der Waals surface area contributed by atoms with Crippen LogP contribution in [0.2, 0.25) is 0 Å². The summed E-state index contributed by atoms with van der Waals surface area (Å²) in [6.07, 6.45) is 3.72. The fourth-order valence-electron chi connectivity index (χ4n) is 1.28. The van der Waals surface area contributed by atoms with Crippen molar-refractivity contribution in [3.63, 3.8) is 0 Å². The lowest BCUT2D eigenvalue weighted by Crippen LogP contribution is -2.14. The van der Waals surface area contributed by atoms with Crippen LogP contribution in [-0.4, -0.2) is 37.1 Å². The molecule has 3 nitrogen and oxygen atoms in total. The highest BCUT2D eigenvalue weighted by atomic mass is 19.1. The molecule has 1 N–H and O–H groups in total. The van der Waals surface area contributed by atoms with Crippen LogP contribution in [0.4, 0.5) is 10.2 Å². The van der Waals surface area contributed by atoms with Gasteiger partial charge in [-0.15, -0.1) is 0 Å². The van der Waals surface area contributed by atoms with Crippen LogP contribution in [0.1, 0.15) is 12.8 Å². The summed E-state index contributed by atoms with van der Waals surface area (Å²) in [5, 5.41) is 2.98. The molecule has 0 atom stereocenters. The Bertz CT molecular complexity index is 289. The molecule has 0 amide bonds. The molecule has 0 fully saturated rings. The van der Waals surface area contributed by atoms with Gasteiger partial charge in [-0.2, -0.15) is 0 Å². The van der Waals surface area contributed by atoms with Crippen molar-refractivity contribution in [3.05, 3.63) is 24.1 Å². The first-order valence-electron chi connectivity index (χ1n) is 5.19. The quantitative estimate of drug-likeness (QED) is 0.729. The zero-order valence-corrected chi connectivity index (χ0v) is 9.33. The summed E-state index contributed by atoms with van der Waals surface area (Å²) in [6, 6.07) is 3.00. The summed E-state index contributed by atoms with van der Waals surface area (Å²) in [7, 11) is 4.09. The van der Waals surface area contributed by atoms with E-state index in [0.29, 0.717) is 5.82 Å². The minimum Gasteiger partial charge on any atom is -0.368 e. The van der Waals surface area contributed by atoms with Crippen LogP contribution in [0, 0.1) is 5.82 Å². The lowest BCUT2D eigenvalue weighted by atomic mass is 10.3. The van der Waals surface area contributed by atoms with Gasteiger partial charge in [-0.1, -0.05) is 0 Å². The summed E-state index contributed by atoms with van der Waals surface area (Å²) < 4.78 is 13.1. The zero-order chi connectivity index (χ0) is 11.1. The maximum atomic E-state index is 13.1. The number of nitrogens with one attached hydrogen (secondary N) is 1. The number of hydrogen-bond acceptors (Lipinski definition) is 3. The molecule has 0 saturated heterocycles. The van der Waals surface area contributed by atoms with E-state index in [4.69, 9.17) is 0 Å². The Morgan fingerprint density at radius 1 is 1.40 bits per heavy atom. The number of rotatable bonds is 6. The lowest BCUT2D eigenvalue weighted by Gasteiger charge is -2.09. The molecule has 1 rings (SSSR count). The number of anilines is 1. The molecule has 0 aliphatic rings. The van der Waals surface area contributed by atoms with E-state index in [1.54, 1.807) is 12.3 Å². The summed E-state index contributed by atoms with van der Waals surface area (Å²) in [4.78, 5) is 6.05. The van der Waals surface area contributed by atoms with E-state index in [1.165, 1.54) is 6.07 Å².